The summed E-state index contributed by atoms with van der Waals surface area (Å²) in [4.78, 5) is 0. The van der Waals surface area contributed by atoms with Crippen LogP contribution in [0.5, 0.6) is 0 Å². The Kier molecular flexibility index (Phi) is 5.99. The molecule has 0 spiro atoms. The average Bonchev–Trinajstić information content (AvgIpc) is 2.99. The first-order valence-electron chi connectivity index (χ1n) is 12.8. The molecule has 172 valence electrons. The maximum atomic E-state index is 11.1. The molecule has 3 saturated carbocycles. The molecule has 0 aliphatic heterocycles. The third-order valence-electron chi connectivity index (χ3n) is 10.5. The fourth-order valence-corrected chi connectivity index (χ4v) is 8.80. The number of rotatable bonds is 5. The van der Waals surface area contributed by atoms with Crippen LogP contribution in [0.25, 0.3) is 0 Å². The molecule has 4 aliphatic carbocycles. The molecular weight excluding hydrogens is 372 g/mol. The molecule has 8 atom stereocenters. The average molecular weight is 419 g/mol. The van der Waals surface area contributed by atoms with Crippen molar-refractivity contribution in [1.82, 2.24) is 0 Å². The van der Waals surface area contributed by atoms with Crippen molar-refractivity contribution in [2.24, 2.45) is 46.3 Å². The number of hydrogen-bond acceptors (Lipinski definition) is 3. The van der Waals surface area contributed by atoms with Crippen LogP contribution in [0.3, 0.4) is 0 Å². The monoisotopic (exact) mass is 418 g/mol. The van der Waals surface area contributed by atoms with E-state index in [0.29, 0.717) is 29.6 Å². The second-order valence-electron chi connectivity index (χ2n) is 12.5. The van der Waals surface area contributed by atoms with Crippen LogP contribution in [0, 0.1) is 46.3 Å². The van der Waals surface area contributed by atoms with Crippen LogP contribution >= 0.6 is 0 Å². The van der Waals surface area contributed by atoms with E-state index in [1.807, 2.05) is 0 Å². The first-order chi connectivity index (χ1) is 14.0. The van der Waals surface area contributed by atoms with E-state index in [-0.39, 0.29) is 6.42 Å². The van der Waals surface area contributed by atoms with E-state index in [0.717, 1.165) is 36.2 Å². The molecule has 3 N–H and O–H groups in total. The van der Waals surface area contributed by atoms with Crippen molar-refractivity contribution in [1.29, 1.82) is 0 Å². The Bertz CT molecular complexity index is 667. The zero-order chi connectivity index (χ0) is 21.9. The smallest absolute Gasteiger partial charge is 0.174 e. The van der Waals surface area contributed by atoms with E-state index in [2.05, 4.69) is 40.7 Å². The summed E-state index contributed by atoms with van der Waals surface area (Å²) in [7, 11) is 0. The standard InChI is InChI=1S/C27H46O3/c1-17(2)7-6-8-18(3)22-11-12-23-21-10-9-19-15-20(28)16-27(29,30)26(19,5)24(21)13-14-25(22,23)4/h9,17-18,20-24,28-30H,6-8,10-16H2,1-5H3/t18-,20-,21+,22-,23+,24+,25-,26+/m1/s1. The molecule has 3 nitrogen and oxygen atoms in total. The van der Waals surface area contributed by atoms with Gasteiger partial charge in [0.05, 0.1) is 6.10 Å². The largest absolute Gasteiger partial charge is 0.393 e. The van der Waals surface area contributed by atoms with E-state index in [1.54, 1.807) is 0 Å². The second-order valence-corrected chi connectivity index (χ2v) is 12.5. The van der Waals surface area contributed by atoms with Gasteiger partial charge in [0.1, 0.15) is 0 Å². The number of aliphatic hydroxyl groups excluding tert-OH is 1. The Morgan fingerprint density at radius 2 is 1.77 bits per heavy atom. The molecule has 0 saturated heterocycles. The van der Waals surface area contributed by atoms with Crippen molar-refractivity contribution in [2.75, 3.05) is 0 Å². The second kappa shape index (κ2) is 7.89. The highest BCUT2D eigenvalue weighted by Gasteiger charge is 2.64. The van der Waals surface area contributed by atoms with E-state index >= 15 is 0 Å². The molecule has 4 aliphatic rings. The lowest BCUT2D eigenvalue weighted by atomic mass is 9.45. The molecule has 0 unspecified atom stereocenters. The van der Waals surface area contributed by atoms with E-state index in [9.17, 15) is 15.3 Å². The van der Waals surface area contributed by atoms with Gasteiger partial charge in [-0.05, 0) is 79.4 Å². The summed E-state index contributed by atoms with van der Waals surface area (Å²) in [5, 5.41) is 32.4. The molecule has 0 aromatic heterocycles. The van der Waals surface area contributed by atoms with Crippen molar-refractivity contribution in [2.45, 2.75) is 111 Å². The number of hydrogen-bond donors (Lipinski definition) is 3. The lowest BCUT2D eigenvalue weighted by molar-refractivity contribution is -0.281. The minimum Gasteiger partial charge on any atom is -0.393 e. The van der Waals surface area contributed by atoms with Crippen LogP contribution in [0.2, 0.25) is 0 Å². The van der Waals surface area contributed by atoms with E-state index < -0.39 is 17.3 Å². The molecule has 3 fully saturated rings. The van der Waals surface area contributed by atoms with Crippen molar-refractivity contribution in [3.8, 4) is 0 Å². The van der Waals surface area contributed by atoms with Crippen molar-refractivity contribution < 1.29 is 15.3 Å². The molecule has 0 heterocycles. The number of fused-ring (bicyclic) bond motifs is 5. The molecule has 0 bridgehead atoms. The Labute approximate surface area is 184 Å². The summed E-state index contributed by atoms with van der Waals surface area (Å²) < 4.78 is 0. The van der Waals surface area contributed by atoms with Gasteiger partial charge < -0.3 is 15.3 Å². The maximum absolute atomic E-state index is 11.1. The maximum Gasteiger partial charge on any atom is 0.174 e. The van der Waals surface area contributed by atoms with Gasteiger partial charge in [0.2, 0.25) is 0 Å². The third kappa shape index (κ3) is 3.42. The summed E-state index contributed by atoms with van der Waals surface area (Å²) in [6, 6.07) is 0. The van der Waals surface area contributed by atoms with Gasteiger partial charge in [0.25, 0.3) is 0 Å². The highest BCUT2D eigenvalue weighted by atomic mass is 16.5. The number of allylic oxidation sites excluding steroid dienone is 1. The lowest BCUT2D eigenvalue weighted by Crippen LogP contribution is -2.62. The summed E-state index contributed by atoms with van der Waals surface area (Å²) in [6.45, 7) is 11.8. The summed E-state index contributed by atoms with van der Waals surface area (Å²) in [6.07, 6.45) is 12.4. The summed E-state index contributed by atoms with van der Waals surface area (Å²) >= 11 is 0. The topological polar surface area (TPSA) is 60.7 Å². The van der Waals surface area contributed by atoms with E-state index in [1.165, 1.54) is 38.5 Å². The Morgan fingerprint density at radius 3 is 2.47 bits per heavy atom. The van der Waals surface area contributed by atoms with Crippen LogP contribution in [0.1, 0.15) is 98.8 Å². The fraction of sp³-hybridized carbons (Fsp3) is 0.926. The SMILES string of the molecule is CC(C)CCC[C@@H](C)[C@H]1CC[C@H]2[C@@H]3CC=C4C[C@@H](O)CC(O)(O)[C@]4(C)[C@H]3CC[C@]12C. The summed E-state index contributed by atoms with van der Waals surface area (Å²) in [5.74, 6) is 2.19. The predicted molar refractivity (Wildman–Crippen MR) is 122 cm³/mol. The van der Waals surface area contributed by atoms with Crippen molar-refractivity contribution in [3.63, 3.8) is 0 Å². The van der Waals surface area contributed by atoms with Gasteiger partial charge in [-0.15, -0.1) is 0 Å². The minimum atomic E-state index is -1.80. The third-order valence-corrected chi connectivity index (χ3v) is 10.5. The Hall–Kier alpha value is -0.380. The zero-order valence-electron chi connectivity index (χ0n) is 20.0. The number of aliphatic hydroxyl groups is 3. The molecule has 3 heteroatoms. The zero-order valence-corrected chi connectivity index (χ0v) is 20.0. The normalized spacial score (nSPS) is 46.0. The summed E-state index contributed by atoms with van der Waals surface area (Å²) in [5.41, 5.74) is 0.909. The molecule has 0 radical (unpaired) electrons. The highest BCUT2D eigenvalue weighted by Crippen LogP contribution is 2.68. The Balaban J connectivity index is 1.55. The van der Waals surface area contributed by atoms with Gasteiger partial charge in [-0.1, -0.05) is 65.5 Å². The van der Waals surface area contributed by atoms with Gasteiger partial charge in [-0.3, -0.25) is 0 Å². The molecule has 0 amide bonds. The minimum absolute atomic E-state index is 0.0848. The van der Waals surface area contributed by atoms with Crippen LogP contribution in [0.15, 0.2) is 11.6 Å². The quantitative estimate of drug-likeness (QED) is 0.398. The molecular formula is C27H46O3. The van der Waals surface area contributed by atoms with E-state index in [4.69, 9.17) is 0 Å². The van der Waals surface area contributed by atoms with Crippen LogP contribution < -0.4 is 0 Å². The van der Waals surface area contributed by atoms with Crippen molar-refractivity contribution in [3.05, 3.63) is 11.6 Å². The highest BCUT2D eigenvalue weighted by molar-refractivity contribution is 5.29. The van der Waals surface area contributed by atoms with Crippen LogP contribution in [-0.2, 0) is 0 Å². The van der Waals surface area contributed by atoms with Gasteiger partial charge >= 0.3 is 0 Å². The lowest BCUT2D eigenvalue weighted by Gasteiger charge is -2.61. The molecule has 30 heavy (non-hydrogen) atoms. The predicted octanol–water partition coefficient (Wildman–Crippen LogP) is 5.68. The first kappa shape index (κ1) is 22.8. The molecule has 4 rings (SSSR count). The van der Waals surface area contributed by atoms with Gasteiger partial charge in [0, 0.05) is 11.8 Å². The Morgan fingerprint density at radius 1 is 1.03 bits per heavy atom. The van der Waals surface area contributed by atoms with Gasteiger partial charge in [-0.25, -0.2) is 0 Å². The van der Waals surface area contributed by atoms with Gasteiger partial charge in [0.15, 0.2) is 5.79 Å². The molecule has 0 aromatic carbocycles. The fourth-order valence-electron chi connectivity index (χ4n) is 8.80. The van der Waals surface area contributed by atoms with Crippen molar-refractivity contribution >= 4 is 0 Å². The van der Waals surface area contributed by atoms with Crippen LogP contribution in [-0.4, -0.2) is 27.2 Å². The molecule has 0 aromatic rings. The first-order valence-corrected chi connectivity index (χ1v) is 12.8. The van der Waals surface area contributed by atoms with Crippen LogP contribution in [0.4, 0.5) is 0 Å². The van der Waals surface area contributed by atoms with Gasteiger partial charge in [-0.2, -0.15) is 0 Å².